The van der Waals surface area contributed by atoms with Gasteiger partial charge in [0.05, 0.1) is 13.2 Å². The summed E-state index contributed by atoms with van der Waals surface area (Å²) >= 11 is 0. The third-order valence-corrected chi connectivity index (χ3v) is 3.20. The van der Waals surface area contributed by atoms with Gasteiger partial charge in [-0.2, -0.15) is 12.1 Å². The van der Waals surface area contributed by atoms with Crippen LogP contribution in [0.4, 0.5) is 17.6 Å². The van der Waals surface area contributed by atoms with Gasteiger partial charge in [0.1, 0.15) is 11.6 Å². The van der Waals surface area contributed by atoms with Gasteiger partial charge < -0.3 is 33.9 Å². The molecule has 2 aromatic carbocycles. The minimum absolute atomic E-state index is 0. The number of hydrogen-bond donors (Lipinski definition) is 0. The van der Waals surface area contributed by atoms with Gasteiger partial charge in [-0.1, -0.05) is 11.1 Å². The van der Waals surface area contributed by atoms with Gasteiger partial charge in [-0.05, 0) is 13.8 Å². The number of benzene rings is 2. The van der Waals surface area contributed by atoms with E-state index >= 15 is 0 Å². The van der Waals surface area contributed by atoms with Crippen LogP contribution in [0, 0.1) is 50.3 Å². The number of rotatable bonds is 8. The maximum Gasteiger partial charge on any atom is 4.00 e. The summed E-state index contributed by atoms with van der Waals surface area (Å²) in [6.07, 6.45) is 0. The van der Waals surface area contributed by atoms with E-state index in [-0.39, 0.29) is 60.9 Å². The largest absolute Gasteiger partial charge is 4.00 e. The summed E-state index contributed by atoms with van der Waals surface area (Å²) in [5.41, 5.74) is -0.389. The van der Waals surface area contributed by atoms with Crippen LogP contribution >= 0.6 is 0 Å². The van der Waals surface area contributed by atoms with Crippen molar-refractivity contribution in [1.29, 1.82) is 0 Å². The van der Waals surface area contributed by atoms with Crippen LogP contribution in [0.25, 0.3) is 0 Å². The Morgan fingerprint density at radius 3 is 1.32 bits per heavy atom. The summed E-state index contributed by atoms with van der Waals surface area (Å²) < 4.78 is 60.4. The number of ketones is 2. The van der Waals surface area contributed by atoms with Gasteiger partial charge in [-0.25, -0.2) is 17.6 Å². The number of carbonyl (C=O) groups excluding carboxylic acids is 2. The van der Waals surface area contributed by atoms with Crippen LogP contribution in [0.1, 0.15) is 34.6 Å². The first kappa shape index (κ1) is 33.8. The van der Waals surface area contributed by atoms with E-state index in [1.807, 2.05) is 0 Å². The van der Waals surface area contributed by atoms with Crippen LogP contribution < -0.4 is 0 Å². The maximum absolute atomic E-state index is 13.0. The zero-order valence-corrected chi connectivity index (χ0v) is 19.3. The Hall–Kier alpha value is -1.87. The smallest absolute Gasteiger partial charge is 0.375 e. The third kappa shape index (κ3) is 11.9. The Balaban J connectivity index is -0.000000461. The standard InChI is InChI=1S/2C10H9F2O2.2CH3.Ti/c2*1-2-14-6-10(13)8-4-3-7(11)5-9(8)12;;;/h2*3-4H,2,6H2,1H3;2*1H3;/q4*-1;+4. The fourth-order valence-corrected chi connectivity index (χ4v) is 1.86. The van der Waals surface area contributed by atoms with Crippen LogP contribution in [0.3, 0.4) is 0 Å². The van der Waals surface area contributed by atoms with Crippen molar-refractivity contribution in [3.05, 3.63) is 85.6 Å². The van der Waals surface area contributed by atoms with Crippen LogP contribution in [0.15, 0.2) is 24.3 Å². The minimum Gasteiger partial charge on any atom is -0.375 e. The Kier molecular flexibility index (Phi) is 19.4. The van der Waals surface area contributed by atoms with Gasteiger partial charge in [0.15, 0.2) is 0 Å². The average Bonchev–Trinajstić information content (AvgIpc) is 2.64. The Morgan fingerprint density at radius 2 is 1.06 bits per heavy atom. The number of Topliss-reactive ketones (excluding diaryl/α,β-unsaturated/α-hetero) is 2. The van der Waals surface area contributed by atoms with E-state index < -0.39 is 34.8 Å². The van der Waals surface area contributed by atoms with Crippen molar-refractivity contribution < 1.29 is 58.3 Å². The summed E-state index contributed by atoms with van der Waals surface area (Å²) in [6, 6.07) is 7.72. The van der Waals surface area contributed by atoms with E-state index in [2.05, 4.69) is 0 Å². The molecule has 4 nitrogen and oxygen atoms in total. The predicted molar refractivity (Wildman–Crippen MR) is 105 cm³/mol. The van der Waals surface area contributed by atoms with E-state index in [9.17, 15) is 27.2 Å². The van der Waals surface area contributed by atoms with E-state index in [4.69, 9.17) is 9.47 Å². The first-order chi connectivity index (χ1) is 13.3. The molecule has 0 fully saturated rings. The molecule has 31 heavy (non-hydrogen) atoms. The SMILES string of the molecule is CCOCC(=O)c1ccc(F)[c-]c1F.CCOCC(=O)c1ccc(F)[c-]c1F.[CH3-].[CH3-].[Ti+4]. The Morgan fingerprint density at radius 1 is 0.742 bits per heavy atom. The molecule has 0 bridgehead atoms. The molecule has 0 atom stereocenters. The maximum atomic E-state index is 13.0. The van der Waals surface area contributed by atoms with Crippen LogP contribution in [0.5, 0.6) is 0 Å². The summed E-state index contributed by atoms with van der Waals surface area (Å²) in [5.74, 6) is -4.63. The summed E-state index contributed by atoms with van der Waals surface area (Å²) in [6.45, 7) is 3.79. The summed E-state index contributed by atoms with van der Waals surface area (Å²) in [5, 5.41) is 0. The zero-order valence-electron chi connectivity index (χ0n) is 17.8. The molecule has 0 N–H and O–H groups in total. The number of carbonyl (C=O) groups is 2. The molecule has 0 unspecified atom stereocenters. The Bertz CT molecular complexity index is 749. The molecule has 0 amide bonds. The van der Waals surface area contributed by atoms with E-state index in [0.29, 0.717) is 13.2 Å². The van der Waals surface area contributed by atoms with Crippen LogP contribution in [0.2, 0.25) is 0 Å². The normalized spacial score (nSPS) is 9.23. The number of hydrogen-bond acceptors (Lipinski definition) is 4. The first-order valence-corrected chi connectivity index (χ1v) is 8.26. The summed E-state index contributed by atoms with van der Waals surface area (Å²) in [7, 11) is 0. The van der Waals surface area contributed by atoms with Gasteiger partial charge in [0, 0.05) is 36.5 Å². The second-order valence-corrected chi connectivity index (χ2v) is 5.19. The molecule has 9 heteroatoms. The van der Waals surface area contributed by atoms with Crippen LogP contribution in [-0.2, 0) is 31.2 Å². The molecular formula is C22H24F4O4Ti. The molecule has 0 aliphatic heterocycles. The molecule has 0 heterocycles. The van der Waals surface area contributed by atoms with Gasteiger partial charge in [-0.15, -0.1) is 24.3 Å². The van der Waals surface area contributed by atoms with Crippen molar-refractivity contribution in [2.24, 2.45) is 0 Å². The second-order valence-electron chi connectivity index (χ2n) is 5.19. The molecule has 0 saturated carbocycles. The number of ether oxygens (including phenoxy) is 2. The third-order valence-electron chi connectivity index (χ3n) is 3.20. The summed E-state index contributed by atoms with van der Waals surface area (Å²) in [4.78, 5) is 22.5. The molecule has 168 valence electrons. The predicted octanol–water partition coefficient (Wildman–Crippen LogP) is 4.87. The van der Waals surface area contributed by atoms with Crippen molar-refractivity contribution >= 4 is 11.6 Å². The molecule has 0 aromatic heterocycles. The van der Waals surface area contributed by atoms with Crippen molar-refractivity contribution in [3.8, 4) is 0 Å². The fourth-order valence-electron chi connectivity index (χ4n) is 1.86. The minimum atomic E-state index is -0.977. The van der Waals surface area contributed by atoms with Crippen LogP contribution in [-0.4, -0.2) is 38.0 Å². The fraction of sp³-hybridized carbons (Fsp3) is 0.273. The molecule has 0 radical (unpaired) electrons. The van der Waals surface area contributed by atoms with Crippen molar-refractivity contribution in [2.75, 3.05) is 26.4 Å². The second kappa shape index (κ2) is 17.8. The molecule has 2 rings (SSSR count). The van der Waals surface area contributed by atoms with E-state index in [0.717, 1.165) is 24.3 Å². The molecule has 0 spiro atoms. The number of halogens is 4. The first-order valence-electron chi connectivity index (χ1n) is 8.26. The molecule has 0 saturated heterocycles. The van der Waals surface area contributed by atoms with Crippen molar-refractivity contribution in [3.63, 3.8) is 0 Å². The quantitative estimate of drug-likeness (QED) is 0.236. The molecule has 0 aliphatic carbocycles. The zero-order chi connectivity index (χ0) is 21.1. The van der Waals surface area contributed by atoms with Gasteiger partial charge in [0.2, 0.25) is 0 Å². The molecular weight excluding hydrogens is 452 g/mol. The molecule has 0 aliphatic rings. The van der Waals surface area contributed by atoms with Gasteiger partial charge >= 0.3 is 21.7 Å². The average molecular weight is 476 g/mol. The van der Waals surface area contributed by atoms with Crippen molar-refractivity contribution in [1.82, 2.24) is 0 Å². The monoisotopic (exact) mass is 476 g/mol. The van der Waals surface area contributed by atoms with Gasteiger partial charge in [-0.3, -0.25) is 0 Å². The Labute approximate surface area is 195 Å². The topological polar surface area (TPSA) is 52.6 Å². The molecule has 2 aromatic rings. The van der Waals surface area contributed by atoms with E-state index in [1.54, 1.807) is 26.0 Å². The van der Waals surface area contributed by atoms with E-state index in [1.165, 1.54) is 0 Å². The van der Waals surface area contributed by atoms with Gasteiger partial charge in [0.25, 0.3) is 0 Å². The van der Waals surface area contributed by atoms with Crippen molar-refractivity contribution in [2.45, 2.75) is 13.8 Å².